The lowest BCUT2D eigenvalue weighted by Crippen LogP contribution is -2.46. The molecule has 2 aliphatic rings. The molecule has 0 saturated heterocycles. The summed E-state index contributed by atoms with van der Waals surface area (Å²) in [7, 11) is 3.86. The van der Waals surface area contributed by atoms with Crippen LogP contribution in [0.5, 0.6) is 0 Å². The topological polar surface area (TPSA) is 48.1 Å². The summed E-state index contributed by atoms with van der Waals surface area (Å²) in [5, 5.41) is 4.18. The minimum absolute atomic E-state index is 0.0752. The molecule has 126 valence electrons. The molecule has 1 amide bonds. The summed E-state index contributed by atoms with van der Waals surface area (Å²) in [5.41, 5.74) is 8.01. The third-order valence-corrected chi connectivity index (χ3v) is 5.79. The number of amides is 1. The van der Waals surface area contributed by atoms with Crippen LogP contribution in [0.25, 0.3) is 16.5 Å². The predicted octanol–water partition coefficient (Wildman–Crippen LogP) is 2.65. The highest BCUT2D eigenvalue weighted by Gasteiger charge is 2.36. The van der Waals surface area contributed by atoms with Gasteiger partial charge in [-0.2, -0.15) is 0 Å². The number of aromatic amines is 1. The van der Waals surface area contributed by atoms with Crippen LogP contribution in [-0.2, 0) is 17.6 Å². The third-order valence-electron chi connectivity index (χ3n) is 5.79. The Labute approximate surface area is 142 Å². The van der Waals surface area contributed by atoms with Crippen LogP contribution in [0.2, 0.25) is 0 Å². The summed E-state index contributed by atoms with van der Waals surface area (Å²) >= 11 is 0. The lowest BCUT2D eigenvalue weighted by molar-refractivity contribution is -0.123. The average molecular weight is 323 g/mol. The highest BCUT2D eigenvalue weighted by atomic mass is 16.1. The molecule has 4 nitrogen and oxygen atoms in total. The number of hydrogen-bond acceptors (Lipinski definition) is 2. The molecule has 1 aliphatic heterocycles. The summed E-state index contributed by atoms with van der Waals surface area (Å²) in [6.07, 6.45) is 4.25. The molecular formula is C20H25N3O. The van der Waals surface area contributed by atoms with Crippen LogP contribution >= 0.6 is 0 Å². The van der Waals surface area contributed by atoms with Crippen molar-refractivity contribution >= 4 is 22.4 Å². The molecule has 1 aromatic heterocycles. The van der Waals surface area contributed by atoms with Gasteiger partial charge in [-0.3, -0.25) is 9.69 Å². The monoisotopic (exact) mass is 323 g/mol. The van der Waals surface area contributed by atoms with Crippen molar-refractivity contribution in [2.75, 3.05) is 20.6 Å². The van der Waals surface area contributed by atoms with Crippen LogP contribution in [0.15, 0.2) is 18.2 Å². The van der Waals surface area contributed by atoms with E-state index in [1.807, 2.05) is 0 Å². The molecule has 2 unspecified atom stereocenters. The zero-order chi connectivity index (χ0) is 17.0. The molecule has 4 heteroatoms. The van der Waals surface area contributed by atoms with Gasteiger partial charge in [-0.05, 0) is 49.1 Å². The first-order valence-electron chi connectivity index (χ1n) is 8.82. The number of fused-ring (bicyclic) bond motifs is 2. The third kappa shape index (κ3) is 2.06. The van der Waals surface area contributed by atoms with E-state index in [2.05, 4.69) is 54.3 Å². The van der Waals surface area contributed by atoms with Crippen molar-refractivity contribution in [2.24, 2.45) is 5.92 Å². The Kier molecular flexibility index (Phi) is 3.53. The van der Waals surface area contributed by atoms with Gasteiger partial charge in [-0.15, -0.1) is 0 Å². The summed E-state index contributed by atoms with van der Waals surface area (Å²) in [6.45, 7) is 5.17. The van der Waals surface area contributed by atoms with Crippen molar-refractivity contribution in [3.05, 3.63) is 40.6 Å². The fourth-order valence-electron chi connectivity index (χ4n) is 4.47. The van der Waals surface area contributed by atoms with Crippen LogP contribution < -0.4 is 5.32 Å². The fourth-order valence-corrected chi connectivity index (χ4v) is 4.47. The molecule has 0 bridgehead atoms. The number of aromatic nitrogens is 1. The van der Waals surface area contributed by atoms with Crippen LogP contribution in [0.4, 0.5) is 0 Å². The van der Waals surface area contributed by atoms with Gasteiger partial charge in [0.1, 0.15) is 0 Å². The molecule has 0 spiro atoms. The second-order valence-corrected chi connectivity index (χ2v) is 7.11. The number of nitrogens with zero attached hydrogens (tertiary/aromatic N) is 1. The number of benzene rings is 1. The Morgan fingerprint density at radius 1 is 1.42 bits per heavy atom. The first kappa shape index (κ1) is 15.5. The molecule has 1 aromatic carbocycles. The maximum absolute atomic E-state index is 12.2. The van der Waals surface area contributed by atoms with Gasteiger partial charge in [0, 0.05) is 36.2 Å². The number of aryl methyl sites for hydroxylation is 2. The van der Waals surface area contributed by atoms with Gasteiger partial charge < -0.3 is 10.3 Å². The van der Waals surface area contributed by atoms with E-state index in [0.717, 1.165) is 19.4 Å². The normalized spacial score (nSPS) is 23.1. The Hall–Kier alpha value is -2.07. The van der Waals surface area contributed by atoms with Gasteiger partial charge in [0.15, 0.2) is 0 Å². The number of likely N-dealkylation sites (N-methyl/N-ethyl adjacent to an activating group) is 1. The Balaban J connectivity index is 1.95. The smallest absolute Gasteiger partial charge is 0.227 e. The first-order valence-corrected chi connectivity index (χ1v) is 8.82. The molecule has 0 radical (unpaired) electrons. The number of nitrogens with one attached hydrogen (secondary N) is 2. The van der Waals surface area contributed by atoms with Gasteiger partial charge in [0.2, 0.25) is 5.91 Å². The second-order valence-electron chi connectivity index (χ2n) is 7.11. The van der Waals surface area contributed by atoms with Crippen molar-refractivity contribution in [1.82, 2.24) is 15.2 Å². The molecule has 0 saturated carbocycles. The minimum Gasteiger partial charge on any atom is -0.359 e. The van der Waals surface area contributed by atoms with Gasteiger partial charge >= 0.3 is 0 Å². The summed E-state index contributed by atoms with van der Waals surface area (Å²) < 4.78 is 0. The van der Waals surface area contributed by atoms with E-state index in [0.29, 0.717) is 6.04 Å². The number of H-pyrrole nitrogens is 1. The number of carbonyl (C=O) groups excluding carboxylic acids is 1. The van der Waals surface area contributed by atoms with Gasteiger partial charge in [-0.25, -0.2) is 0 Å². The summed E-state index contributed by atoms with van der Waals surface area (Å²) in [6, 6.07) is 4.86. The van der Waals surface area contributed by atoms with Crippen molar-refractivity contribution in [2.45, 2.75) is 32.7 Å². The highest BCUT2D eigenvalue weighted by molar-refractivity contribution is 6.01. The number of hydrogen-bond donors (Lipinski definition) is 2. The van der Waals surface area contributed by atoms with Crippen LogP contribution in [0.1, 0.15) is 29.3 Å². The van der Waals surface area contributed by atoms with E-state index in [9.17, 15) is 4.79 Å². The SMILES string of the molecule is CCc1ccc2c3c(c(C)[nH]c13)CC1C2=CC(C(=O)NC)CN1C. The van der Waals surface area contributed by atoms with Gasteiger partial charge in [0.25, 0.3) is 0 Å². The zero-order valence-electron chi connectivity index (χ0n) is 14.9. The fraction of sp³-hybridized carbons (Fsp3) is 0.450. The first-order chi connectivity index (χ1) is 11.5. The average Bonchev–Trinajstić information content (AvgIpc) is 2.92. The summed E-state index contributed by atoms with van der Waals surface area (Å²) in [4.78, 5) is 18.2. The maximum Gasteiger partial charge on any atom is 0.227 e. The zero-order valence-corrected chi connectivity index (χ0v) is 14.9. The van der Waals surface area contributed by atoms with Gasteiger partial charge in [0.05, 0.1) is 5.92 Å². The van der Waals surface area contributed by atoms with E-state index >= 15 is 0 Å². The standard InChI is InChI=1S/C20H25N3O/c1-5-12-6-7-14-16-8-13(20(24)21-3)10-23(4)17(16)9-15-11(2)22-19(12)18(14)15/h6-8,13,17,22H,5,9-10H2,1-4H3,(H,21,24). The molecule has 1 aliphatic carbocycles. The van der Waals surface area contributed by atoms with Crippen molar-refractivity contribution in [1.29, 1.82) is 0 Å². The molecule has 2 heterocycles. The Morgan fingerprint density at radius 3 is 2.92 bits per heavy atom. The van der Waals surface area contributed by atoms with Crippen molar-refractivity contribution in [3.63, 3.8) is 0 Å². The quantitative estimate of drug-likeness (QED) is 0.892. The number of rotatable bonds is 2. The van der Waals surface area contributed by atoms with E-state index in [1.165, 1.54) is 38.9 Å². The summed E-state index contributed by atoms with van der Waals surface area (Å²) in [5.74, 6) is 0.0269. The lowest BCUT2D eigenvalue weighted by Gasteiger charge is -2.39. The molecule has 0 fully saturated rings. The Morgan fingerprint density at radius 2 is 2.21 bits per heavy atom. The lowest BCUT2D eigenvalue weighted by atomic mass is 9.78. The molecule has 4 rings (SSSR count). The van der Waals surface area contributed by atoms with E-state index < -0.39 is 0 Å². The largest absolute Gasteiger partial charge is 0.359 e. The molecule has 2 N–H and O–H groups in total. The molecule has 2 atom stereocenters. The predicted molar refractivity (Wildman–Crippen MR) is 98.1 cm³/mol. The Bertz CT molecular complexity index is 861. The number of carbonyl (C=O) groups is 1. The maximum atomic E-state index is 12.2. The van der Waals surface area contributed by atoms with E-state index in [1.54, 1.807) is 7.05 Å². The van der Waals surface area contributed by atoms with E-state index in [4.69, 9.17) is 0 Å². The molecule has 24 heavy (non-hydrogen) atoms. The van der Waals surface area contributed by atoms with Crippen LogP contribution in [-0.4, -0.2) is 42.5 Å². The van der Waals surface area contributed by atoms with Crippen molar-refractivity contribution in [3.8, 4) is 0 Å². The van der Waals surface area contributed by atoms with Crippen molar-refractivity contribution < 1.29 is 4.79 Å². The highest BCUT2D eigenvalue weighted by Crippen LogP contribution is 2.43. The molecular weight excluding hydrogens is 298 g/mol. The van der Waals surface area contributed by atoms with Gasteiger partial charge in [-0.1, -0.05) is 25.1 Å². The van der Waals surface area contributed by atoms with E-state index in [-0.39, 0.29) is 11.8 Å². The van der Waals surface area contributed by atoms with Crippen LogP contribution in [0.3, 0.4) is 0 Å². The molecule has 2 aromatic rings. The second kappa shape index (κ2) is 5.49. The minimum atomic E-state index is -0.0752. The van der Waals surface area contributed by atoms with Crippen LogP contribution in [0, 0.1) is 12.8 Å².